The Hall–Kier alpha value is -1.31. The van der Waals surface area contributed by atoms with Crippen molar-refractivity contribution in [3.05, 3.63) is 35.7 Å². The van der Waals surface area contributed by atoms with Crippen LogP contribution < -0.4 is 0 Å². The highest BCUT2D eigenvalue weighted by Gasteiger charge is 2.34. The maximum atomic E-state index is 4.76. The van der Waals surface area contributed by atoms with E-state index in [-0.39, 0.29) is 5.41 Å². The summed E-state index contributed by atoms with van der Waals surface area (Å²) in [6.07, 6.45) is 4.68. The molecular formula is C14H18N2. The van der Waals surface area contributed by atoms with Gasteiger partial charge in [-0.05, 0) is 30.4 Å². The number of aromatic nitrogens is 2. The Bertz CT molecular complexity index is 527. The second kappa shape index (κ2) is 3.09. The summed E-state index contributed by atoms with van der Waals surface area (Å²) in [4.78, 5) is 0. The van der Waals surface area contributed by atoms with Crippen LogP contribution in [0.1, 0.15) is 50.8 Å². The fourth-order valence-corrected chi connectivity index (χ4v) is 2.43. The van der Waals surface area contributed by atoms with Crippen molar-refractivity contribution in [2.75, 3.05) is 0 Å². The molecule has 0 atom stereocenters. The maximum absolute atomic E-state index is 4.76. The Labute approximate surface area is 96.3 Å². The highest BCUT2D eigenvalue weighted by atomic mass is 15.2. The summed E-state index contributed by atoms with van der Waals surface area (Å²) in [5, 5.41) is 4.76. The van der Waals surface area contributed by atoms with Crippen LogP contribution in [0.4, 0.5) is 0 Å². The molecule has 3 rings (SSSR count). The lowest BCUT2D eigenvalue weighted by Crippen LogP contribution is -2.13. The van der Waals surface area contributed by atoms with Gasteiger partial charge in [-0.1, -0.05) is 26.8 Å². The van der Waals surface area contributed by atoms with E-state index in [1.807, 2.05) is 10.6 Å². The zero-order valence-electron chi connectivity index (χ0n) is 10.2. The van der Waals surface area contributed by atoms with E-state index in [0.717, 1.165) is 0 Å². The SMILES string of the molecule is CC(C)(C)c1c(C2CC2)nn2ccccc12. The maximum Gasteiger partial charge on any atom is 0.0703 e. The topological polar surface area (TPSA) is 17.3 Å². The Morgan fingerprint density at radius 1 is 1.25 bits per heavy atom. The third-order valence-corrected chi connectivity index (χ3v) is 3.28. The van der Waals surface area contributed by atoms with Crippen molar-refractivity contribution in [3.8, 4) is 0 Å². The second-order valence-electron chi connectivity index (χ2n) is 5.81. The van der Waals surface area contributed by atoms with E-state index < -0.39 is 0 Å². The van der Waals surface area contributed by atoms with Crippen molar-refractivity contribution in [3.63, 3.8) is 0 Å². The quantitative estimate of drug-likeness (QED) is 0.710. The molecule has 2 aromatic rings. The fraction of sp³-hybridized carbons (Fsp3) is 0.500. The zero-order valence-corrected chi connectivity index (χ0v) is 10.2. The largest absolute Gasteiger partial charge is 0.240 e. The number of hydrogen-bond acceptors (Lipinski definition) is 1. The molecule has 0 radical (unpaired) electrons. The van der Waals surface area contributed by atoms with Crippen LogP contribution in [-0.2, 0) is 5.41 Å². The first-order valence-electron chi connectivity index (χ1n) is 6.05. The van der Waals surface area contributed by atoms with Crippen LogP contribution in [0.3, 0.4) is 0 Å². The molecule has 1 fully saturated rings. The number of nitrogens with zero attached hydrogens (tertiary/aromatic N) is 2. The van der Waals surface area contributed by atoms with E-state index in [4.69, 9.17) is 5.10 Å². The molecule has 0 aromatic carbocycles. The van der Waals surface area contributed by atoms with Gasteiger partial charge in [0.25, 0.3) is 0 Å². The standard InChI is InChI=1S/C14H18N2/c1-14(2,3)12-11-6-4-5-9-16(11)15-13(12)10-7-8-10/h4-6,9-10H,7-8H2,1-3H3. The average Bonchev–Trinajstić information content (AvgIpc) is 2.96. The van der Waals surface area contributed by atoms with Crippen LogP contribution in [0, 0.1) is 0 Å². The lowest BCUT2D eigenvalue weighted by molar-refractivity contribution is 0.587. The van der Waals surface area contributed by atoms with Gasteiger partial charge in [-0.2, -0.15) is 5.10 Å². The van der Waals surface area contributed by atoms with Crippen LogP contribution in [0.2, 0.25) is 0 Å². The molecule has 1 aliphatic carbocycles. The third kappa shape index (κ3) is 1.44. The van der Waals surface area contributed by atoms with Gasteiger partial charge in [0.2, 0.25) is 0 Å². The minimum atomic E-state index is 0.182. The third-order valence-electron chi connectivity index (χ3n) is 3.28. The van der Waals surface area contributed by atoms with Crippen LogP contribution in [0.15, 0.2) is 24.4 Å². The fourth-order valence-electron chi connectivity index (χ4n) is 2.43. The molecule has 1 saturated carbocycles. The summed E-state index contributed by atoms with van der Waals surface area (Å²) in [6.45, 7) is 6.84. The minimum Gasteiger partial charge on any atom is -0.240 e. The van der Waals surface area contributed by atoms with Crippen LogP contribution in [-0.4, -0.2) is 9.61 Å². The lowest BCUT2D eigenvalue weighted by atomic mass is 9.85. The molecule has 2 aromatic heterocycles. The predicted octanol–water partition coefficient (Wildman–Crippen LogP) is 3.51. The van der Waals surface area contributed by atoms with Gasteiger partial charge in [-0.25, -0.2) is 4.52 Å². The van der Waals surface area contributed by atoms with Crippen molar-refractivity contribution in [1.82, 2.24) is 9.61 Å². The van der Waals surface area contributed by atoms with Gasteiger partial charge in [0, 0.05) is 17.7 Å². The molecule has 2 heteroatoms. The summed E-state index contributed by atoms with van der Waals surface area (Å²) < 4.78 is 2.04. The van der Waals surface area contributed by atoms with Crippen molar-refractivity contribution in [2.45, 2.75) is 44.9 Å². The van der Waals surface area contributed by atoms with Gasteiger partial charge in [0.1, 0.15) is 0 Å². The van der Waals surface area contributed by atoms with Crippen molar-refractivity contribution in [2.24, 2.45) is 0 Å². The van der Waals surface area contributed by atoms with Crippen molar-refractivity contribution < 1.29 is 0 Å². The van der Waals surface area contributed by atoms with Crippen LogP contribution in [0.25, 0.3) is 5.52 Å². The molecule has 2 heterocycles. The zero-order chi connectivity index (χ0) is 11.3. The van der Waals surface area contributed by atoms with E-state index >= 15 is 0 Å². The summed E-state index contributed by atoms with van der Waals surface area (Å²) in [5.74, 6) is 0.717. The molecule has 0 unspecified atom stereocenters. The monoisotopic (exact) mass is 214 g/mol. The molecule has 0 amide bonds. The van der Waals surface area contributed by atoms with Crippen molar-refractivity contribution in [1.29, 1.82) is 0 Å². The molecule has 1 aliphatic rings. The van der Waals surface area contributed by atoms with Gasteiger partial charge < -0.3 is 0 Å². The molecule has 0 spiro atoms. The molecule has 16 heavy (non-hydrogen) atoms. The van der Waals surface area contributed by atoms with Gasteiger partial charge in [0.05, 0.1) is 11.2 Å². The molecule has 0 saturated heterocycles. The number of rotatable bonds is 1. The van der Waals surface area contributed by atoms with Crippen LogP contribution >= 0.6 is 0 Å². The van der Waals surface area contributed by atoms with Gasteiger partial charge >= 0.3 is 0 Å². The number of pyridine rings is 1. The summed E-state index contributed by atoms with van der Waals surface area (Å²) in [5.41, 5.74) is 4.23. The molecule has 0 bridgehead atoms. The Morgan fingerprint density at radius 2 is 2.00 bits per heavy atom. The van der Waals surface area contributed by atoms with E-state index in [9.17, 15) is 0 Å². The Balaban J connectivity index is 2.31. The highest BCUT2D eigenvalue weighted by Crippen LogP contribution is 2.44. The molecule has 2 nitrogen and oxygen atoms in total. The van der Waals surface area contributed by atoms with Gasteiger partial charge in [0.15, 0.2) is 0 Å². The number of fused-ring (bicyclic) bond motifs is 1. The van der Waals surface area contributed by atoms with E-state index in [1.54, 1.807) is 0 Å². The first-order chi connectivity index (χ1) is 7.57. The van der Waals surface area contributed by atoms with Crippen LogP contribution in [0.5, 0.6) is 0 Å². The Kier molecular flexibility index (Phi) is 1.91. The molecule has 84 valence electrons. The normalized spacial score (nSPS) is 16.9. The van der Waals surface area contributed by atoms with E-state index in [0.29, 0.717) is 5.92 Å². The predicted molar refractivity (Wildman–Crippen MR) is 65.9 cm³/mol. The summed E-state index contributed by atoms with van der Waals surface area (Å²) >= 11 is 0. The minimum absolute atomic E-state index is 0.182. The first-order valence-corrected chi connectivity index (χ1v) is 6.05. The molecule has 0 N–H and O–H groups in total. The summed E-state index contributed by atoms with van der Waals surface area (Å²) in [6, 6.07) is 6.32. The van der Waals surface area contributed by atoms with Gasteiger partial charge in [-0.15, -0.1) is 0 Å². The smallest absolute Gasteiger partial charge is 0.0703 e. The summed E-state index contributed by atoms with van der Waals surface area (Å²) in [7, 11) is 0. The van der Waals surface area contributed by atoms with Crippen molar-refractivity contribution >= 4 is 5.52 Å². The number of hydrogen-bond donors (Lipinski definition) is 0. The highest BCUT2D eigenvalue weighted by molar-refractivity contribution is 5.60. The molecular weight excluding hydrogens is 196 g/mol. The first kappa shape index (κ1) is 9.88. The second-order valence-corrected chi connectivity index (χ2v) is 5.81. The Morgan fingerprint density at radius 3 is 2.62 bits per heavy atom. The molecule has 0 aliphatic heterocycles. The van der Waals surface area contributed by atoms with E-state index in [2.05, 4.69) is 39.1 Å². The van der Waals surface area contributed by atoms with E-state index in [1.165, 1.54) is 29.6 Å². The lowest BCUT2D eigenvalue weighted by Gasteiger charge is -2.19. The average molecular weight is 214 g/mol. The van der Waals surface area contributed by atoms with Gasteiger partial charge in [-0.3, -0.25) is 0 Å².